The molecule has 164 valence electrons. The standard InChI is InChI=1S/C23H31NO5S/c1-5-29-22(28)18-16-11-10-13(23(2,3)4)12-17(16)30-20(18)24-19(25)14-8-6-7-9-15(14)21(26)27/h6-7,13-15H,5,8-12H2,1-4H3,(H,24,25)(H,26,27)/t13-,14+,15-/m1/s1. The molecule has 1 aromatic heterocycles. The predicted molar refractivity (Wildman–Crippen MR) is 117 cm³/mol. The number of rotatable bonds is 5. The van der Waals surface area contributed by atoms with Crippen molar-refractivity contribution in [2.75, 3.05) is 11.9 Å². The summed E-state index contributed by atoms with van der Waals surface area (Å²) in [6.45, 7) is 8.71. The van der Waals surface area contributed by atoms with E-state index in [1.807, 2.05) is 12.2 Å². The first-order valence-corrected chi connectivity index (χ1v) is 11.4. The molecule has 3 atom stereocenters. The summed E-state index contributed by atoms with van der Waals surface area (Å²) in [6, 6.07) is 0. The average molecular weight is 434 g/mol. The molecular weight excluding hydrogens is 402 g/mol. The lowest BCUT2D eigenvalue weighted by Gasteiger charge is -2.33. The van der Waals surface area contributed by atoms with E-state index in [0.717, 1.165) is 29.7 Å². The fourth-order valence-corrected chi connectivity index (χ4v) is 5.73. The number of ether oxygens (including phenoxy) is 1. The van der Waals surface area contributed by atoms with Crippen LogP contribution in [0, 0.1) is 23.2 Å². The Balaban J connectivity index is 1.91. The topological polar surface area (TPSA) is 92.7 Å². The van der Waals surface area contributed by atoms with Crippen molar-refractivity contribution in [3.05, 3.63) is 28.2 Å². The highest BCUT2D eigenvalue weighted by molar-refractivity contribution is 7.17. The number of hydrogen-bond donors (Lipinski definition) is 2. The van der Waals surface area contributed by atoms with Crippen molar-refractivity contribution in [3.63, 3.8) is 0 Å². The fraction of sp³-hybridized carbons (Fsp3) is 0.609. The van der Waals surface area contributed by atoms with Gasteiger partial charge in [0.2, 0.25) is 5.91 Å². The monoisotopic (exact) mass is 433 g/mol. The summed E-state index contributed by atoms with van der Waals surface area (Å²) in [5.74, 6) is -2.63. The van der Waals surface area contributed by atoms with Crippen LogP contribution in [-0.2, 0) is 27.2 Å². The van der Waals surface area contributed by atoms with Gasteiger partial charge in [0.1, 0.15) is 5.00 Å². The molecule has 0 saturated heterocycles. The van der Waals surface area contributed by atoms with E-state index >= 15 is 0 Å². The van der Waals surface area contributed by atoms with Crippen molar-refractivity contribution in [2.24, 2.45) is 23.2 Å². The molecule has 0 aliphatic heterocycles. The Morgan fingerprint density at radius 2 is 1.87 bits per heavy atom. The third-order valence-corrected chi connectivity index (χ3v) is 7.46. The lowest BCUT2D eigenvalue weighted by molar-refractivity contribution is -0.146. The molecule has 0 unspecified atom stereocenters. The molecule has 0 radical (unpaired) electrons. The van der Waals surface area contributed by atoms with Gasteiger partial charge in [0.05, 0.1) is 24.0 Å². The Hall–Kier alpha value is -2.15. The molecule has 6 nitrogen and oxygen atoms in total. The lowest BCUT2D eigenvalue weighted by Crippen LogP contribution is -2.34. The van der Waals surface area contributed by atoms with Crippen LogP contribution in [0.2, 0.25) is 0 Å². The maximum atomic E-state index is 13.0. The Bertz CT molecular complexity index is 864. The van der Waals surface area contributed by atoms with E-state index in [0.29, 0.717) is 29.3 Å². The summed E-state index contributed by atoms with van der Waals surface area (Å²) in [6.07, 6.45) is 7.02. The maximum Gasteiger partial charge on any atom is 0.341 e. The molecule has 0 fully saturated rings. The van der Waals surface area contributed by atoms with E-state index in [9.17, 15) is 19.5 Å². The molecule has 1 heterocycles. The molecule has 0 aromatic carbocycles. The van der Waals surface area contributed by atoms with Gasteiger partial charge in [-0.2, -0.15) is 0 Å². The third-order valence-electron chi connectivity index (χ3n) is 6.29. The molecule has 2 aliphatic carbocycles. The Labute approximate surface area is 181 Å². The molecule has 1 amide bonds. The molecule has 0 spiro atoms. The first-order valence-electron chi connectivity index (χ1n) is 10.6. The minimum absolute atomic E-state index is 0.165. The minimum Gasteiger partial charge on any atom is -0.481 e. The molecular formula is C23H31NO5S. The molecule has 0 bridgehead atoms. The highest BCUT2D eigenvalue weighted by Crippen LogP contribution is 2.44. The number of esters is 1. The minimum atomic E-state index is -0.969. The second-order valence-corrected chi connectivity index (χ2v) is 10.3. The van der Waals surface area contributed by atoms with E-state index in [4.69, 9.17) is 4.74 Å². The van der Waals surface area contributed by atoms with Gasteiger partial charge < -0.3 is 15.2 Å². The van der Waals surface area contributed by atoms with Crippen LogP contribution in [0.4, 0.5) is 5.00 Å². The van der Waals surface area contributed by atoms with E-state index in [-0.39, 0.29) is 17.9 Å². The number of thiophene rings is 1. The number of carbonyl (C=O) groups is 3. The van der Waals surface area contributed by atoms with Crippen molar-refractivity contribution in [1.82, 2.24) is 0 Å². The zero-order valence-electron chi connectivity index (χ0n) is 18.1. The zero-order valence-corrected chi connectivity index (χ0v) is 18.9. The number of hydrogen-bond acceptors (Lipinski definition) is 5. The van der Waals surface area contributed by atoms with Gasteiger partial charge in [-0.25, -0.2) is 4.79 Å². The molecule has 30 heavy (non-hydrogen) atoms. The normalized spacial score (nSPS) is 23.5. The van der Waals surface area contributed by atoms with E-state index in [1.165, 1.54) is 11.3 Å². The van der Waals surface area contributed by atoms with Gasteiger partial charge >= 0.3 is 11.9 Å². The molecule has 1 aromatic rings. The summed E-state index contributed by atoms with van der Waals surface area (Å²) in [7, 11) is 0. The number of amides is 1. The van der Waals surface area contributed by atoms with Gasteiger partial charge in [0.15, 0.2) is 0 Å². The van der Waals surface area contributed by atoms with Gasteiger partial charge in [-0.15, -0.1) is 11.3 Å². The third kappa shape index (κ3) is 4.61. The first-order chi connectivity index (χ1) is 14.1. The van der Waals surface area contributed by atoms with Crippen LogP contribution in [0.3, 0.4) is 0 Å². The number of anilines is 1. The van der Waals surface area contributed by atoms with Crippen molar-refractivity contribution in [3.8, 4) is 0 Å². The van der Waals surface area contributed by atoms with Crippen molar-refractivity contribution in [2.45, 2.75) is 59.8 Å². The highest BCUT2D eigenvalue weighted by Gasteiger charge is 2.37. The molecule has 2 aliphatic rings. The smallest absolute Gasteiger partial charge is 0.341 e. The second kappa shape index (κ2) is 8.92. The van der Waals surface area contributed by atoms with Crippen molar-refractivity contribution in [1.29, 1.82) is 0 Å². The van der Waals surface area contributed by atoms with Crippen LogP contribution < -0.4 is 5.32 Å². The van der Waals surface area contributed by atoms with Gasteiger partial charge in [-0.05, 0) is 55.9 Å². The Morgan fingerprint density at radius 3 is 2.47 bits per heavy atom. The number of carboxylic acid groups (broad SMARTS) is 1. The summed E-state index contributed by atoms with van der Waals surface area (Å²) in [4.78, 5) is 38.4. The predicted octanol–water partition coefficient (Wildman–Crippen LogP) is 4.68. The maximum absolute atomic E-state index is 13.0. The van der Waals surface area contributed by atoms with Crippen LogP contribution in [-0.4, -0.2) is 29.6 Å². The highest BCUT2D eigenvalue weighted by atomic mass is 32.1. The van der Waals surface area contributed by atoms with Crippen LogP contribution in [0.5, 0.6) is 0 Å². The van der Waals surface area contributed by atoms with Crippen molar-refractivity contribution >= 4 is 34.2 Å². The number of allylic oxidation sites excluding steroid dienone is 2. The Morgan fingerprint density at radius 1 is 1.20 bits per heavy atom. The molecule has 0 saturated carbocycles. The van der Waals surface area contributed by atoms with Gasteiger partial charge in [0.25, 0.3) is 0 Å². The first kappa shape index (κ1) is 22.5. The Kier molecular flexibility index (Phi) is 6.70. The SMILES string of the molecule is CCOC(=O)c1c(NC(=O)[C@H]2CC=CC[C@H]2C(=O)O)sc2c1CC[C@@H](C(C)(C)C)C2. The zero-order chi connectivity index (χ0) is 22.1. The van der Waals surface area contributed by atoms with Crippen LogP contribution in [0.15, 0.2) is 12.2 Å². The van der Waals surface area contributed by atoms with Gasteiger partial charge in [-0.1, -0.05) is 32.9 Å². The number of aliphatic carboxylic acids is 1. The van der Waals surface area contributed by atoms with Crippen LogP contribution in [0.1, 0.15) is 67.8 Å². The summed E-state index contributed by atoms with van der Waals surface area (Å²) in [5, 5.41) is 12.9. The fourth-order valence-electron chi connectivity index (χ4n) is 4.41. The van der Waals surface area contributed by atoms with E-state index in [1.54, 1.807) is 6.92 Å². The number of fused-ring (bicyclic) bond motifs is 1. The summed E-state index contributed by atoms with van der Waals surface area (Å²) < 4.78 is 5.28. The van der Waals surface area contributed by atoms with Gasteiger partial charge in [0, 0.05) is 4.88 Å². The van der Waals surface area contributed by atoms with Crippen LogP contribution >= 0.6 is 11.3 Å². The second-order valence-electron chi connectivity index (χ2n) is 9.22. The summed E-state index contributed by atoms with van der Waals surface area (Å²) in [5.41, 5.74) is 1.60. The lowest BCUT2D eigenvalue weighted by atomic mass is 9.72. The number of carbonyl (C=O) groups excluding carboxylic acids is 2. The molecule has 3 rings (SSSR count). The molecule has 7 heteroatoms. The largest absolute Gasteiger partial charge is 0.481 e. The van der Waals surface area contributed by atoms with Crippen LogP contribution in [0.25, 0.3) is 0 Å². The quantitative estimate of drug-likeness (QED) is 0.519. The van der Waals surface area contributed by atoms with E-state index in [2.05, 4.69) is 26.1 Å². The average Bonchev–Trinajstić information content (AvgIpc) is 3.04. The van der Waals surface area contributed by atoms with Gasteiger partial charge in [-0.3, -0.25) is 9.59 Å². The molecule has 2 N–H and O–H groups in total. The van der Waals surface area contributed by atoms with E-state index < -0.39 is 23.8 Å². The number of carboxylic acids is 1. The number of nitrogens with one attached hydrogen (secondary N) is 1. The van der Waals surface area contributed by atoms with Crippen molar-refractivity contribution < 1.29 is 24.2 Å². The summed E-state index contributed by atoms with van der Waals surface area (Å²) >= 11 is 1.44.